The average Bonchev–Trinajstić information content (AvgIpc) is 2.96. The first-order valence-electron chi connectivity index (χ1n) is 5.77. The second-order valence-corrected chi connectivity index (χ2v) is 4.15. The van der Waals surface area contributed by atoms with Crippen molar-refractivity contribution in [2.24, 2.45) is 5.73 Å². The Morgan fingerprint density at radius 2 is 2.33 bits per heavy atom. The molecule has 8 heteroatoms. The SMILES string of the molecule is NCCn1cc(C(=O)N2CCC[C@H]2C(=O)O)nn1. The van der Waals surface area contributed by atoms with Gasteiger partial charge in [0.15, 0.2) is 5.69 Å². The fourth-order valence-corrected chi connectivity index (χ4v) is 2.05. The number of aromatic nitrogens is 3. The summed E-state index contributed by atoms with van der Waals surface area (Å²) in [5, 5.41) is 16.5. The Morgan fingerprint density at radius 1 is 1.56 bits per heavy atom. The third kappa shape index (κ3) is 2.33. The number of carbonyl (C=O) groups excluding carboxylic acids is 1. The molecule has 8 nitrogen and oxygen atoms in total. The van der Waals surface area contributed by atoms with Gasteiger partial charge in [0, 0.05) is 13.1 Å². The summed E-state index contributed by atoms with van der Waals surface area (Å²) >= 11 is 0. The van der Waals surface area contributed by atoms with E-state index in [4.69, 9.17) is 10.8 Å². The summed E-state index contributed by atoms with van der Waals surface area (Å²) in [6, 6.07) is -0.753. The molecule has 18 heavy (non-hydrogen) atoms. The number of hydrogen-bond donors (Lipinski definition) is 2. The van der Waals surface area contributed by atoms with Crippen molar-refractivity contribution in [3.05, 3.63) is 11.9 Å². The lowest BCUT2D eigenvalue weighted by Gasteiger charge is -2.19. The second-order valence-electron chi connectivity index (χ2n) is 4.15. The molecule has 1 saturated heterocycles. The highest BCUT2D eigenvalue weighted by atomic mass is 16.4. The van der Waals surface area contributed by atoms with Gasteiger partial charge in [-0.3, -0.25) is 9.48 Å². The highest BCUT2D eigenvalue weighted by Crippen LogP contribution is 2.19. The highest BCUT2D eigenvalue weighted by Gasteiger charge is 2.35. The summed E-state index contributed by atoms with van der Waals surface area (Å²) in [5.74, 6) is -1.36. The van der Waals surface area contributed by atoms with Gasteiger partial charge in [-0.2, -0.15) is 0 Å². The zero-order valence-corrected chi connectivity index (χ0v) is 9.82. The van der Waals surface area contributed by atoms with Crippen LogP contribution in [0.3, 0.4) is 0 Å². The Labute approximate surface area is 103 Å². The van der Waals surface area contributed by atoms with Gasteiger partial charge in [0.1, 0.15) is 6.04 Å². The van der Waals surface area contributed by atoms with Crippen LogP contribution in [-0.4, -0.2) is 56.0 Å². The van der Waals surface area contributed by atoms with Crippen molar-refractivity contribution in [1.82, 2.24) is 19.9 Å². The molecule has 2 heterocycles. The van der Waals surface area contributed by atoms with E-state index >= 15 is 0 Å². The molecule has 0 radical (unpaired) electrons. The molecule has 1 aromatic rings. The van der Waals surface area contributed by atoms with E-state index in [-0.39, 0.29) is 11.6 Å². The van der Waals surface area contributed by atoms with Crippen LogP contribution in [0.1, 0.15) is 23.3 Å². The van der Waals surface area contributed by atoms with Gasteiger partial charge in [-0.1, -0.05) is 5.21 Å². The van der Waals surface area contributed by atoms with E-state index in [1.165, 1.54) is 15.8 Å². The van der Waals surface area contributed by atoms with Gasteiger partial charge < -0.3 is 15.7 Å². The smallest absolute Gasteiger partial charge is 0.326 e. The van der Waals surface area contributed by atoms with Crippen molar-refractivity contribution in [3.63, 3.8) is 0 Å². The number of carboxylic acids is 1. The normalized spacial score (nSPS) is 19.2. The number of aliphatic carboxylic acids is 1. The molecular formula is C10H15N5O3. The van der Waals surface area contributed by atoms with Gasteiger partial charge in [-0.05, 0) is 12.8 Å². The van der Waals surface area contributed by atoms with Crippen LogP contribution in [-0.2, 0) is 11.3 Å². The number of amides is 1. The van der Waals surface area contributed by atoms with E-state index in [1.54, 1.807) is 0 Å². The third-order valence-electron chi connectivity index (χ3n) is 2.91. The fraction of sp³-hybridized carbons (Fsp3) is 0.600. The standard InChI is InChI=1S/C10H15N5O3/c11-3-5-14-6-7(12-13-14)9(16)15-4-1-2-8(15)10(17)18/h6,8H,1-5,11H2,(H,17,18)/t8-/m0/s1. The molecule has 0 saturated carbocycles. The second kappa shape index (κ2) is 5.13. The van der Waals surface area contributed by atoms with Crippen LogP contribution in [0.2, 0.25) is 0 Å². The molecular weight excluding hydrogens is 238 g/mol. The van der Waals surface area contributed by atoms with Crippen molar-refractivity contribution in [2.75, 3.05) is 13.1 Å². The number of carboxylic acid groups (broad SMARTS) is 1. The number of carbonyl (C=O) groups is 2. The number of nitrogens with zero attached hydrogens (tertiary/aromatic N) is 4. The highest BCUT2D eigenvalue weighted by molar-refractivity contribution is 5.95. The summed E-state index contributed by atoms with van der Waals surface area (Å²) in [5.41, 5.74) is 5.53. The first-order valence-corrected chi connectivity index (χ1v) is 5.77. The van der Waals surface area contributed by atoms with Crippen molar-refractivity contribution in [1.29, 1.82) is 0 Å². The first kappa shape index (κ1) is 12.5. The molecule has 1 aliphatic rings. The minimum atomic E-state index is -0.977. The molecule has 3 N–H and O–H groups in total. The molecule has 0 unspecified atom stereocenters. The maximum atomic E-state index is 12.1. The van der Waals surface area contributed by atoms with Crippen LogP contribution < -0.4 is 5.73 Å². The quantitative estimate of drug-likeness (QED) is 0.705. The molecule has 1 atom stereocenters. The summed E-state index contributed by atoms with van der Waals surface area (Å²) in [7, 11) is 0. The number of hydrogen-bond acceptors (Lipinski definition) is 5. The van der Waals surface area contributed by atoms with Gasteiger partial charge in [0.2, 0.25) is 0 Å². The lowest BCUT2D eigenvalue weighted by molar-refractivity contribution is -0.141. The fourth-order valence-electron chi connectivity index (χ4n) is 2.05. The van der Waals surface area contributed by atoms with Crippen molar-refractivity contribution >= 4 is 11.9 Å². The number of rotatable bonds is 4. The lowest BCUT2D eigenvalue weighted by Crippen LogP contribution is -2.40. The van der Waals surface area contributed by atoms with Crippen LogP contribution in [0.15, 0.2) is 6.20 Å². The van der Waals surface area contributed by atoms with E-state index in [2.05, 4.69) is 10.3 Å². The average molecular weight is 253 g/mol. The predicted octanol–water partition coefficient (Wildman–Crippen LogP) is -1.07. The molecule has 2 rings (SSSR count). The molecule has 1 fully saturated rings. The Balaban J connectivity index is 2.12. The van der Waals surface area contributed by atoms with Crippen molar-refractivity contribution in [3.8, 4) is 0 Å². The monoisotopic (exact) mass is 253 g/mol. The Hall–Kier alpha value is -1.96. The van der Waals surface area contributed by atoms with Crippen molar-refractivity contribution < 1.29 is 14.7 Å². The molecule has 1 aromatic heterocycles. The van der Waals surface area contributed by atoms with Gasteiger partial charge in [-0.25, -0.2) is 4.79 Å². The van der Waals surface area contributed by atoms with E-state index in [9.17, 15) is 9.59 Å². The minimum absolute atomic E-state index is 0.164. The molecule has 1 aliphatic heterocycles. The van der Waals surface area contributed by atoms with E-state index in [0.717, 1.165) is 0 Å². The molecule has 0 aliphatic carbocycles. The number of likely N-dealkylation sites (tertiary alicyclic amines) is 1. The molecule has 0 bridgehead atoms. The maximum Gasteiger partial charge on any atom is 0.326 e. The molecule has 1 amide bonds. The maximum absolute atomic E-state index is 12.1. The van der Waals surface area contributed by atoms with Crippen LogP contribution in [0.4, 0.5) is 0 Å². The zero-order chi connectivity index (χ0) is 13.1. The van der Waals surface area contributed by atoms with E-state index in [0.29, 0.717) is 32.5 Å². The van der Waals surface area contributed by atoms with Gasteiger partial charge in [0.25, 0.3) is 5.91 Å². The summed E-state index contributed by atoms with van der Waals surface area (Å²) < 4.78 is 1.47. The third-order valence-corrected chi connectivity index (χ3v) is 2.91. The van der Waals surface area contributed by atoms with Gasteiger partial charge in [-0.15, -0.1) is 5.10 Å². The van der Waals surface area contributed by atoms with Crippen LogP contribution in [0.5, 0.6) is 0 Å². The minimum Gasteiger partial charge on any atom is -0.480 e. The largest absolute Gasteiger partial charge is 0.480 e. The molecule has 0 spiro atoms. The molecule has 98 valence electrons. The lowest BCUT2D eigenvalue weighted by atomic mass is 10.2. The number of nitrogens with two attached hydrogens (primary N) is 1. The Morgan fingerprint density at radius 3 is 3.00 bits per heavy atom. The predicted molar refractivity (Wildman–Crippen MR) is 60.8 cm³/mol. The van der Waals surface area contributed by atoms with Crippen LogP contribution in [0.25, 0.3) is 0 Å². The first-order chi connectivity index (χ1) is 8.63. The van der Waals surface area contributed by atoms with Gasteiger partial charge >= 0.3 is 5.97 Å². The Bertz CT molecular complexity index is 458. The zero-order valence-electron chi connectivity index (χ0n) is 9.82. The summed E-state index contributed by atoms with van der Waals surface area (Å²) in [4.78, 5) is 24.4. The van der Waals surface area contributed by atoms with Crippen LogP contribution >= 0.6 is 0 Å². The summed E-state index contributed by atoms with van der Waals surface area (Å²) in [6.07, 6.45) is 2.67. The van der Waals surface area contributed by atoms with E-state index < -0.39 is 12.0 Å². The van der Waals surface area contributed by atoms with Gasteiger partial charge in [0.05, 0.1) is 12.7 Å². The molecule has 0 aromatic carbocycles. The summed E-state index contributed by atoms with van der Waals surface area (Å²) in [6.45, 7) is 1.32. The van der Waals surface area contributed by atoms with E-state index in [1.807, 2.05) is 0 Å². The Kier molecular flexibility index (Phi) is 3.56. The van der Waals surface area contributed by atoms with Crippen molar-refractivity contribution in [2.45, 2.75) is 25.4 Å². The topological polar surface area (TPSA) is 114 Å². The van der Waals surface area contributed by atoms with Crippen LogP contribution in [0, 0.1) is 0 Å².